The Morgan fingerprint density at radius 3 is 2.56 bits per heavy atom. The van der Waals surface area contributed by atoms with Crippen molar-refractivity contribution in [3.63, 3.8) is 0 Å². The van der Waals surface area contributed by atoms with E-state index in [0.29, 0.717) is 5.52 Å². The number of fused-ring (bicyclic) bond motifs is 1. The van der Waals surface area contributed by atoms with Gasteiger partial charge in [0.2, 0.25) is 5.75 Å². The van der Waals surface area contributed by atoms with Gasteiger partial charge in [-0.05, 0) is 24.3 Å². The van der Waals surface area contributed by atoms with Crippen LogP contribution in [0.25, 0.3) is 22.4 Å². The second-order valence-electron chi connectivity index (χ2n) is 5.14. The number of methoxy groups -OCH3 is 1. The largest absolute Gasteiger partial charge is 0.504 e. The van der Waals surface area contributed by atoms with E-state index in [1.165, 1.54) is 25.4 Å². The molecule has 0 saturated heterocycles. The molecule has 9 heteroatoms. The van der Waals surface area contributed by atoms with Crippen molar-refractivity contribution in [1.29, 1.82) is 0 Å². The average Bonchev–Trinajstić information content (AvgIpc) is 2.56. The number of hydrogen-bond donors (Lipinski definition) is 3. The molecule has 0 atom stereocenters. The lowest BCUT2D eigenvalue weighted by atomic mass is 10.1. The van der Waals surface area contributed by atoms with E-state index in [-0.39, 0.29) is 34.2 Å². The maximum Gasteiger partial charge on any atom is 0.323 e. The van der Waals surface area contributed by atoms with E-state index in [9.17, 15) is 19.8 Å². The third-order valence-electron chi connectivity index (χ3n) is 3.52. The zero-order chi connectivity index (χ0) is 18.1. The van der Waals surface area contributed by atoms with Gasteiger partial charge in [-0.2, -0.15) is 0 Å². The lowest BCUT2D eigenvalue weighted by Crippen LogP contribution is -2.27. The van der Waals surface area contributed by atoms with Crippen LogP contribution >= 0.6 is 0 Å². The normalized spacial score (nSPS) is 10.8. The van der Waals surface area contributed by atoms with Gasteiger partial charge in [0.1, 0.15) is 17.8 Å². The van der Waals surface area contributed by atoms with Gasteiger partial charge in [-0.15, -0.1) is 0 Å². The van der Waals surface area contributed by atoms with Gasteiger partial charge < -0.3 is 20.1 Å². The molecule has 0 aliphatic heterocycles. The first-order valence-electron chi connectivity index (χ1n) is 7.10. The van der Waals surface area contributed by atoms with Crippen molar-refractivity contribution in [1.82, 2.24) is 14.5 Å². The average molecular weight is 343 g/mol. The number of aromatic nitrogens is 3. The Kier molecular flexibility index (Phi) is 3.97. The van der Waals surface area contributed by atoms with Crippen molar-refractivity contribution in [2.75, 3.05) is 7.11 Å². The Balaban J connectivity index is 2.32. The van der Waals surface area contributed by atoms with Gasteiger partial charge >= 0.3 is 5.97 Å². The van der Waals surface area contributed by atoms with Crippen LogP contribution in [0.5, 0.6) is 17.2 Å². The number of carbonyl (C=O) groups is 1. The van der Waals surface area contributed by atoms with Gasteiger partial charge in [-0.3, -0.25) is 14.2 Å². The van der Waals surface area contributed by atoms with Crippen molar-refractivity contribution in [2.45, 2.75) is 6.54 Å². The Labute approximate surface area is 140 Å². The number of phenolic OH excluding ortho intramolecular Hbond substituents is 2. The second kappa shape index (κ2) is 6.11. The van der Waals surface area contributed by atoms with E-state index in [1.54, 1.807) is 12.1 Å². The molecule has 1 aromatic carbocycles. The topological polar surface area (TPSA) is 135 Å². The Bertz CT molecular complexity index is 1020. The smallest absolute Gasteiger partial charge is 0.323 e. The fraction of sp³-hybridized carbons (Fsp3) is 0.125. The number of nitrogens with zero attached hydrogens (tertiary/aromatic N) is 3. The van der Waals surface area contributed by atoms with Gasteiger partial charge in [0, 0.05) is 11.8 Å². The van der Waals surface area contributed by atoms with Crippen molar-refractivity contribution in [3.8, 4) is 28.5 Å². The number of hydrogen-bond acceptors (Lipinski definition) is 7. The summed E-state index contributed by atoms with van der Waals surface area (Å²) in [5.41, 5.74) is -0.299. The molecule has 2 heterocycles. The molecule has 9 nitrogen and oxygen atoms in total. The quantitative estimate of drug-likeness (QED) is 0.637. The number of carboxylic acid groups (broad SMARTS) is 1. The first kappa shape index (κ1) is 16.2. The SMILES string of the molecule is COc1c(O)cc(-c2nc3cccnc3n(CC(=O)O)c2=O)cc1O. The predicted octanol–water partition coefficient (Wildman–Crippen LogP) is 0.963. The summed E-state index contributed by atoms with van der Waals surface area (Å²) in [6.45, 7) is -0.601. The summed E-state index contributed by atoms with van der Waals surface area (Å²) in [7, 11) is 1.27. The Hall–Kier alpha value is -3.62. The van der Waals surface area contributed by atoms with E-state index in [1.807, 2.05) is 0 Å². The highest BCUT2D eigenvalue weighted by Crippen LogP contribution is 2.38. The molecule has 0 fully saturated rings. The number of phenols is 2. The zero-order valence-corrected chi connectivity index (χ0v) is 13.0. The number of aromatic hydroxyl groups is 2. The van der Waals surface area contributed by atoms with Crippen LogP contribution in [-0.4, -0.2) is 42.9 Å². The van der Waals surface area contributed by atoms with Crippen molar-refractivity contribution in [2.24, 2.45) is 0 Å². The summed E-state index contributed by atoms with van der Waals surface area (Å²) in [6.07, 6.45) is 1.42. The third kappa shape index (κ3) is 2.82. The van der Waals surface area contributed by atoms with Crippen molar-refractivity contribution in [3.05, 3.63) is 40.8 Å². The second-order valence-corrected chi connectivity index (χ2v) is 5.14. The van der Waals surface area contributed by atoms with E-state index in [4.69, 9.17) is 9.84 Å². The highest BCUT2D eigenvalue weighted by atomic mass is 16.5. The van der Waals surface area contributed by atoms with Gasteiger partial charge in [-0.1, -0.05) is 0 Å². The van der Waals surface area contributed by atoms with Crippen molar-refractivity contribution < 1.29 is 24.9 Å². The molecule has 0 unspecified atom stereocenters. The minimum atomic E-state index is -1.22. The molecule has 0 spiro atoms. The number of pyridine rings is 1. The van der Waals surface area contributed by atoms with E-state index in [2.05, 4.69) is 9.97 Å². The van der Waals surface area contributed by atoms with Crippen LogP contribution in [0.15, 0.2) is 35.3 Å². The Morgan fingerprint density at radius 1 is 1.28 bits per heavy atom. The summed E-state index contributed by atoms with van der Waals surface area (Å²) >= 11 is 0. The first-order chi connectivity index (χ1) is 11.9. The summed E-state index contributed by atoms with van der Waals surface area (Å²) in [6, 6.07) is 5.58. The number of rotatable bonds is 4. The first-order valence-corrected chi connectivity index (χ1v) is 7.10. The minimum absolute atomic E-state index is 0.116. The van der Waals surface area contributed by atoms with Gasteiger partial charge in [0.05, 0.1) is 7.11 Å². The molecule has 2 aromatic heterocycles. The van der Waals surface area contributed by atoms with Crippen LogP contribution in [0.1, 0.15) is 0 Å². The van der Waals surface area contributed by atoms with Crippen LogP contribution in [-0.2, 0) is 11.3 Å². The monoisotopic (exact) mass is 343 g/mol. The van der Waals surface area contributed by atoms with E-state index >= 15 is 0 Å². The van der Waals surface area contributed by atoms with Crippen LogP contribution < -0.4 is 10.3 Å². The standard InChI is InChI=1S/C16H13N3O6/c1-25-14-10(20)5-8(6-11(14)21)13-16(24)19(7-12(22)23)15-9(18-13)3-2-4-17-15/h2-6,20-21H,7H2,1H3,(H,22,23). The van der Waals surface area contributed by atoms with Crippen LogP contribution in [0.3, 0.4) is 0 Å². The van der Waals surface area contributed by atoms with Crippen LogP contribution in [0.2, 0.25) is 0 Å². The van der Waals surface area contributed by atoms with Crippen LogP contribution in [0.4, 0.5) is 0 Å². The molecular weight excluding hydrogens is 330 g/mol. The summed E-state index contributed by atoms with van der Waals surface area (Å²) in [5.74, 6) is -2.12. The van der Waals surface area contributed by atoms with Crippen LogP contribution in [0, 0.1) is 0 Å². The molecule has 0 aliphatic carbocycles. The van der Waals surface area contributed by atoms with Gasteiger partial charge in [0.25, 0.3) is 5.56 Å². The fourth-order valence-corrected chi connectivity index (χ4v) is 2.49. The molecule has 0 aliphatic rings. The fourth-order valence-electron chi connectivity index (χ4n) is 2.49. The molecule has 0 saturated carbocycles. The predicted molar refractivity (Wildman–Crippen MR) is 86.8 cm³/mol. The molecule has 3 N–H and O–H groups in total. The molecule has 0 amide bonds. The molecule has 3 aromatic rings. The number of aliphatic carboxylic acids is 1. The lowest BCUT2D eigenvalue weighted by Gasteiger charge is -2.11. The van der Waals surface area contributed by atoms with Crippen molar-refractivity contribution >= 4 is 17.1 Å². The number of carboxylic acids is 1. The molecular formula is C16H13N3O6. The third-order valence-corrected chi connectivity index (χ3v) is 3.52. The number of ether oxygens (including phenoxy) is 1. The van der Waals surface area contributed by atoms with E-state index < -0.39 is 18.1 Å². The lowest BCUT2D eigenvalue weighted by molar-refractivity contribution is -0.137. The molecule has 128 valence electrons. The van der Waals surface area contributed by atoms with Gasteiger partial charge in [0.15, 0.2) is 17.1 Å². The molecule has 0 radical (unpaired) electrons. The maximum absolute atomic E-state index is 12.7. The minimum Gasteiger partial charge on any atom is -0.504 e. The van der Waals surface area contributed by atoms with E-state index in [0.717, 1.165) is 4.57 Å². The highest BCUT2D eigenvalue weighted by molar-refractivity contribution is 5.77. The molecule has 25 heavy (non-hydrogen) atoms. The van der Waals surface area contributed by atoms with Gasteiger partial charge in [-0.25, -0.2) is 9.97 Å². The highest BCUT2D eigenvalue weighted by Gasteiger charge is 2.18. The molecule has 0 bridgehead atoms. The Morgan fingerprint density at radius 2 is 1.96 bits per heavy atom. The summed E-state index contributed by atoms with van der Waals surface area (Å²) < 4.78 is 5.82. The summed E-state index contributed by atoms with van der Waals surface area (Å²) in [5, 5.41) is 28.9. The molecule has 3 rings (SSSR count). The maximum atomic E-state index is 12.7. The summed E-state index contributed by atoms with van der Waals surface area (Å²) in [4.78, 5) is 32.0. The zero-order valence-electron chi connectivity index (χ0n) is 13.0. The number of benzene rings is 1.